The Labute approximate surface area is 167 Å². The van der Waals surface area contributed by atoms with Gasteiger partial charge in [-0.1, -0.05) is 48.9 Å². The lowest BCUT2D eigenvalue weighted by atomic mass is 10.2. The van der Waals surface area contributed by atoms with Gasteiger partial charge in [0.25, 0.3) is 5.91 Å². The van der Waals surface area contributed by atoms with Crippen molar-refractivity contribution in [1.82, 2.24) is 9.88 Å². The van der Waals surface area contributed by atoms with Gasteiger partial charge in [-0.3, -0.25) is 9.69 Å². The molecule has 0 spiro atoms. The topological polar surface area (TPSA) is 36.4 Å². The Bertz CT molecular complexity index is 901. The van der Waals surface area contributed by atoms with Crippen LogP contribution in [0.1, 0.15) is 29.1 Å². The van der Waals surface area contributed by atoms with E-state index in [0.717, 1.165) is 40.5 Å². The van der Waals surface area contributed by atoms with Gasteiger partial charge in [0, 0.05) is 13.1 Å². The fraction of sp³-hybridized carbons (Fsp3) is 0.368. The minimum absolute atomic E-state index is 0.0363. The van der Waals surface area contributed by atoms with Gasteiger partial charge in [-0.15, -0.1) is 11.3 Å². The van der Waals surface area contributed by atoms with Gasteiger partial charge in [0.1, 0.15) is 0 Å². The van der Waals surface area contributed by atoms with E-state index in [-0.39, 0.29) is 5.91 Å². The number of rotatable bonds is 7. The minimum atomic E-state index is -0.0363. The molecule has 7 heteroatoms. The fourth-order valence-electron chi connectivity index (χ4n) is 2.82. The van der Waals surface area contributed by atoms with Crippen LogP contribution in [0.2, 0.25) is 4.34 Å². The van der Waals surface area contributed by atoms with Gasteiger partial charge in [0.2, 0.25) is 0 Å². The van der Waals surface area contributed by atoms with Gasteiger partial charge < -0.3 is 4.90 Å². The SMILES string of the molecule is CCN(CC)CCN(C(=O)c1ccc(Cl)s1)c1nc2c(C)cccc2s1. The number of anilines is 1. The van der Waals surface area contributed by atoms with E-state index in [9.17, 15) is 4.79 Å². The maximum absolute atomic E-state index is 13.1. The first-order chi connectivity index (χ1) is 12.5. The smallest absolute Gasteiger partial charge is 0.270 e. The largest absolute Gasteiger partial charge is 0.302 e. The number of halogens is 1. The molecule has 0 aliphatic heterocycles. The number of aryl methyl sites for hydroxylation is 1. The number of carbonyl (C=O) groups excluding carboxylic acids is 1. The zero-order valence-electron chi connectivity index (χ0n) is 15.2. The monoisotopic (exact) mass is 407 g/mol. The summed E-state index contributed by atoms with van der Waals surface area (Å²) in [6.07, 6.45) is 0. The molecule has 0 fully saturated rings. The molecule has 138 valence electrons. The zero-order chi connectivity index (χ0) is 18.7. The summed E-state index contributed by atoms with van der Waals surface area (Å²) in [6, 6.07) is 9.69. The van der Waals surface area contributed by atoms with Crippen molar-refractivity contribution in [3.8, 4) is 0 Å². The van der Waals surface area contributed by atoms with E-state index < -0.39 is 0 Å². The minimum Gasteiger partial charge on any atom is -0.302 e. The first-order valence-electron chi connectivity index (χ1n) is 8.69. The molecule has 0 N–H and O–H groups in total. The maximum Gasteiger partial charge on any atom is 0.270 e. The second-order valence-electron chi connectivity index (χ2n) is 6.01. The van der Waals surface area contributed by atoms with Crippen molar-refractivity contribution in [1.29, 1.82) is 0 Å². The third-order valence-corrected chi connectivity index (χ3v) is 6.67. The average molecular weight is 408 g/mol. The van der Waals surface area contributed by atoms with Crippen LogP contribution in [0.15, 0.2) is 30.3 Å². The third kappa shape index (κ3) is 4.09. The third-order valence-electron chi connectivity index (χ3n) is 4.40. The lowest BCUT2D eigenvalue weighted by Crippen LogP contribution is -2.38. The van der Waals surface area contributed by atoms with Gasteiger partial charge in [-0.2, -0.15) is 0 Å². The van der Waals surface area contributed by atoms with Crippen molar-refractivity contribution in [2.45, 2.75) is 20.8 Å². The van der Waals surface area contributed by atoms with E-state index in [1.807, 2.05) is 19.1 Å². The van der Waals surface area contributed by atoms with Crippen LogP contribution in [0.3, 0.4) is 0 Å². The molecule has 4 nitrogen and oxygen atoms in total. The Balaban J connectivity index is 1.95. The number of hydrogen-bond donors (Lipinski definition) is 0. The van der Waals surface area contributed by atoms with E-state index in [4.69, 9.17) is 16.6 Å². The molecule has 0 aliphatic rings. The molecule has 1 amide bonds. The Morgan fingerprint density at radius 2 is 1.88 bits per heavy atom. The summed E-state index contributed by atoms with van der Waals surface area (Å²) in [5, 5.41) is 0.746. The maximum atomic E-state index is 13.1. The summed E-state index contributed by atoms with van der Waals surface area (Å²) >= 11 is 8.91. The van der Waals surface area contributed by atoms with Gasteiger partial charge in [0.15, 0.2) is 5.13 Å². The molecule has 0 saturated carbocycles. The molecule has 0 unspecified atom stereocenters. The van der Waals surface area contributed by atoms with Crippen LogP contribution in [-0.2, 0) is 0 Å². The van der Waals surface area contributed by atoms with Crippen molar-refractivity contribution in [2.24, 2.45) is 0 Å². The number of thiazole rings is 1. The molecule has 0 aliphatic carbocycles. The summed E-state index contributed by atoms with van der Waals surface area (Å²) in [6.45, 7) is 9.66. The number of para-hydroxylation sites is 1. The van der Waals surface area contributed by atoms with Crippen LogP contribution < -0.4 is 4.90 Å². The Morgan fingerprint density at radius 1 is 1.12 bits per heavy atom. The van der Waals surface area contributed by atoms with Crippen LogP contribution in [-0.4, -0.2) is 42.0 Å². The van der Waals surface area contributed by atoms with Crippen molar-refractivity contribution in [3.05, 3.63) is 45.1 Å². The predicted molar refractivity (Wildman–Crippen MR) is 113 cm³/mol. The fourth-order valence-corrected chi connectivity index (χ4v) is 4.88. The lowest BCUT2D eigenvalue weighted by molar-refractivity contribution is 0.0987. The van der Waals surface area contributed by atoms with Gasteiger partial charge >= 0.3 is 0 Å². The molecule has 3 aromatic rings. The summed E-state index contributed by atoms with van der Waals surface area (Å²) in [5.41, 5.74) is 2.10. The van der Waals surface area contributed by atoms with Crippen LogP contribution in [0.4, 0.5) is 5.13 Å². The Morgan fingerprint density at radius 3 is 2.50 bits per heavy atom. The molecule has 1 aromatic carbocycles. The summed E-state index contributed by atoms with van der Waals surface area (Å²) < 4.78 is 1.72. The van der Waals surface area contributed by atoms with E-state index in [0.29, 0.717) is 15.8 Å². The standard InChI is InChI=1S/C19H22ClN3OS2/c1-4-22(5-2)11-12-23(18(24)15-9-10-16(20)25-15)19-21-17-13(3)7-6-8-14(17)26-19/h6-10H,4-5,11-12H2,1-3H3. The number of thiophene rings is 1. The molecule has 0 radical (unpaired) electrons. The molecule has 26 heavy (non-hydrogen) atoms. The number of nitrogens with zero attached hydrogens (tertiary/aromatic N) is 3. The van der Waals surface area contributed by atoms with Crippen molar-refractivity contribution in [3.63, 3.8) is 0 Å². The number of aromatic nitrogens is 1. The summed E-state index contributed by atoms with van der Waals surface area (Å²) in [7, 11) is 0. The van der Waals surface area contributed by atoms with Crippen molar-refractivity contribution < 1.29 is 4.79 Å². The summed E-state index contributed by atoms with van der Waals surface area (Å²) in [5.74, 6) is -0.0363. The number of carbonyl (C=O) groups is 1. The lowest BCUT2D eigenvalue weighted by Gasteiger charge is -2.24. The molecule has 3 rings (SSSR count). The highest BCUT2D eigenvalue weighted by Crippen LogP contribution is 2.32. The van der Waals surface area contributed by atoms with Crippen molar-refractivity contribution in [2.75, 3.05) is 31.1 Å². The number of likely N-dealkylation sites (N-methyl/N-ethyl adjacent to an activating group) is 1. The number of benzene rings is 1. The molecular formula is C19H22ClN3OS2. The van der Waals surface area contributed by atoms with E-state index in [1.54, 1.807) is 28.4 Å². The van der Waals surface area contributed by atoms with E-state index in [1.165, 1.54) is 11.3 Å². The number of hydrogen-bond acceptors (Lipinski definition) is 5. The quantitative estimate of drug-likeness (QED) is 0.532. The predicted octanol–water partition coefficient (Wildman–Crippen LogP) is 5.31. The second kappa shape index (κ2) is 8.48. The first-order valence-corrected chi connectivity index (χ1v) is 10.7. The zero-order valence-corrected chi connectivity index (χ0v) is 17.5. The molecule has 2 aromatic heterocycles. The highest BCUT2D eigenvalue weighted by Gasteiger charge is 2.23. The number of amides is 1. The van der Waals surface area contributed by atoms with Gasteiger partial charge in [0.05, 0.1) is 19.4 Å². The molecular weight excluding hydrogens is 386 g/mol. The van der Waals surface area contributed by atoms with Crippen LogP contribution in [0, 0.1) is 6.92 Å². The first kappa shape index (κ1) is 19.3. The summed E-state index contributed by atoms with van der Waals surface area (Å²) in [4.78, 5) is 22.7. The Kier molecular flexibility index (Phi) is 6.29. The van der Waals surface area contributed by atoms with Gasteiger partial charge in [-0.25, -0.2) is 4.98 Å². The normalized spacial score (nSPS) is 11.4. The number of fused-ring (bicyclic) bond motifs is 1. The highest BCUT2D eigenvalue weighted by molar-refractivity contribution is 7.22. The molecule has 0 atom stereocenters. The second-order valence-corrected chi connectivity index (χ2v) is 8.73. The van der Waals surface area contributed by atoms with E-state index >= 15 is 0 Å². The molecule has 0 bridgehead atoms. The van der Waals surface area contributed by atoms with E-state index in [2.05, 4.69) is 24.8 Å². The van der Waals surface area contributed by atoms with Crippen LogP contribution >= 0.6 is 34.3 Å². The van der Waals surface area contributed by atoms with Gasteiger partial charge in [-0.05, 0) is 43.8 Å². The molecule has 2 heterocycles. The highest BCUT2D eigenvalue weighted by atomic mass is 35.5. The average Bonchev–Trinajstić information content (AvgIpc) is 3.25. The van der Waals surface area contributed by atoms with Crippen LogP contribution in [0.25, 0.3) is 10.2 Å². The van der Waals surface area contributed by atoms with Crippen molar-refractivity contribution >= 4 is 55.5 Å². The Hall–Kier alpha value is -1.47. The molecule has 0 saturated heterocycles. The van der Waals surface area contributed by atoms with Crippen LogP contribution in [0.5, 0.6) is 0 Å².